The van der Waals surface area contributed by atoms with Crippen molar-refractivity contribution in [3.8, 4) is 0 Å². The summed E-state index contributed by atoms with van der Waals surface area (Å²) in [5.41, 5.74) is 1.27. The Morgan fingerprint density at radius 1 is 1.46 bits per heavy atom. The van der Waals surface area contributed by atoms with Gasteiger partial charge in [0.15, 0.2) is 0 Å². The van der Waals surface area contributed by atoms with E-state index in [4.69, 9.17) is 16.3 Å². The van der Waals surface area contributed by atoms with Gasteiger partial charge >= 0.3 is 5.97 Å². The highest BCUT2D eigenvalue weighted by molar-refractivity contribution is 7.16. The van der Waals surface area contributed by atoms with Crippen molar-refractivity contribution >= 4 is 39.8 Å². The van der Waals surface area contributed by atoms with Crippen LogP contribution >= 0.6 is 22.9 Å². The van der Waals surface area contributed by atoms with Crippen LogP contribution in [0.15, 0.2) is 12.4 Å². The number of nitrogens with zero attached hydrogens (tertiary/aromatic N) is 2. The molecule has 2 aromatic heterocycles. The maximum atomic E-state index is 12.4. The van der Waals surface area contributed by atoms with Gasteiger partial charge in [-0.05, 0) is 26.3 Å². The summed E-state index contributed by atoms with van der Waals surface area (Å²) in [5, 5.41) is 7.96. The van der Waals surface area contributed by atoms with E-state index >= 15 is 0 Å². The number of hydrogen-bond acceptors (Lipinski definition) is 5. The molecule has 24 heavy (non-hydrogen) atoms. The summed E-state index contributed by atoms with van der Waals surface area (Å²) in [7, 11) is 0. The molecule has 0 aromatic carbocycles. The molecule has 1 N–H and O–H groups in total. The van der Waals surface area contributed by atoms with Crippen molar-refractivity contribution in [1.82, 2.24) is 9.78 Å². The topological polar surface area (TPSA) is 73.2 Å². The zero-order valence-electron chi connectivity index (χ0n) is 14.1. The maximum absolute atomic E-state index is 12.4. The molecule has 0 radical (unpaired) electrons. The molecule has 1 atom stereocenters. The van der Waals surface area contributed by atoms with Crippen LogP contribution in [0.1, 0.15) is 34.6 Å². The highest BCUT2D eigenvalue weighted by atomic mass is 35.5. The highest BCUT2D eigenvalue weighted by Crippen LogP contribution is 2.33. The standard InChI is InChI=1S/C16H20ClN3O3S/c1-5-23-16(22)13-10(3)11(4)24-15(13)19-14(21)9(2)7-20-8-12(17)6-18-20/h6,8-9H,5,7H2,1-4H3,(H,19,21). The van der Waals surface area contributed by atoms with Crippen LogP contribution in [0.4, 0.5) is 5.00 Å². The van der Waals surface area contributed by atoms with Gasteiger partial charge in [0.1, 0.15) is 5.00 Å². The molecular weight excluding hydrogens is 350 g/mol. The molecular formula is C16H20ClN3O3S. The van der Waals surface area contributed by atoms with Crippen molar-refractivity contribution in [3.05, 3.63) is 33.4 Å². The zero-order chi connectivity index (χ0) is 17.9. The van der Waals surface area contributed by atoms with Gasteiger partial charge in [0.2, 0.25) is 5.91 Å². The Hall–Kier alpha value is -1.86. The number of thiophene rings is 1. The minimum atomic E-state index is -0.416. The van der Waals surface area contributed by atoms with E-state index in [1.165, 1.54) is 17.5 Å². The summed E-state index contributed by atoms with van der Waals surface area (Å²) < 4.78 is 6.71. The van der Waals surface area contributed by atoms with Crippen LogP contribution in [0.3, 0.4) is 0 Å². The monoisotopic (exact) mass is 369 g/mol. The van der Waals surface area contributed by atoms with E-state index in [-0.39, 0.29) is 18.4 Å². The first-order valence-corrected chi connectivity index (χ1v) is 8.78. The Bertz CT molecular complexity index is 754. The third-order valence-corrected chi connectivity index (χ3v) is 4.93. The molecule has 2 aromatic rings. The van der Waals surface area contributed by atoms with Crippen LogP contribution in [0.25, 0.3) is 0 Å². The fourth-order valence-electron chi connectivity index (χ4n) is 2.20. The molecule has 0 saturated heterocycles. The molecule has 2 heterocycles. The minimum absolute atomic E-state index is 0.187. The molecule has 6 nitrogen and oxygen atoms in total. The fourth-order valence-corrected chi connectivity index (χ4v) is 3.41. The summed E-state index contributed by atoms with van der Waals surface area (Å²) in [6.45, 7) is 7.99. The summed E-state index contributed by atoms with van der Waals surface area (Å²) in [6.07, 6.45) is 3.19. The predicted octanol–water partition coefficient (Wildman–Crippen LogP) is 3.67. The van der Waals surface area contributed by atoms with Gasteiger partial charge in [0, 0.05) is 11.1 Å². The number of amides is 1. The first kappa shape index (κ1) is 18.5. The molecule has 130 valence electrons. The zero-order valence-corrected chi connectivity index (χ0v) is 15.6. The number of aryl methyl sites for hydroxylation is 1. The number of carbonyl (C=O) groups is 2. The van der Waals surface area contributed by atoms with Crippen molar-refractivity contribution in [2.24, 2.45) is 5.92 Å². The lowest BCUT2D eigenvalue weighted by Gasteiger charge is -2.12. The largest absolute Gasteiger partial charge is 0.462 e. The lowest BCUT2D eigenvalue weighted by Crippen LogP contribution is -2.25. The van der Waals surface area contributed by atoms with E-state index in [1.54, 1.807) is 24.7 Å². The van der Waals surface area contributed by atoms with Crippen LogP contribution in [-0.4, -0.2) is 28.3 Å². The number of halogens is 1. The normalized spacial score (nSPS) is 12.0. The van der Waals surface area contributed by atoms with Gasteiger partial charge in [0.05, 0.1) is 35.9 Å². The number of aromatic nitrogens is 2. The number of carbonyl (C=O) groups excluding carboxylic acids is 2. The van der Waals surface area contributed by atoms with Crippen molar-refractivity contribution in [2.45, 2.75) is 34.2 Å². The van der Waals surface area contributed by atoms with Gasteiger partial charge in [-0.15, -0.1) is 11.3 Å². The van der Waals surface area contributed by atoms with E-state index < -0.39 is 5.97 Å². The average Bonchev–Trinajstić information content (AvgIpc) is 3.03. The van der Waals surface area contributed by atoms with Crippen LogP contribution in [0, 0.1) is 19.8 Å². The lowest BCUT2D eigenvalue weighted by atomic mass is 10.1. The van der Waals surface area contributed by atoms with E-state index in [0.717, 1.165) is 10.4 Å². The third-order valence-electron chi connectivity index (χ3n) is 3.61. The number of ether oxygens (including phenoxy) is 1. The van der Waals surface area contributed by atoms with E-state index in [1.807, 2.05) is 13.8 Å². The number of hydrogen-bond donors (Lipinski definition) is 1. The average molecular weight is 370 g/mol. The van der Waals surface area contributed by atoms with Crippen molar-refractivity contribution < 1.29 is 14.3 Å². The molecule has 2 rings (SSSR count). The van der Waals surface area contributed by atoms with Gasteiger partial charge in [-0.25, -0.2) is 4.79 Å². The van der Waals surface area contributed by atoms with Gasteiger partial charge < -0.3 is 10.1 Å². The van der Waals surface area contributed by atoms with Crippen molar-refractivity contribution in [2.75, 3.05) is 11.9 Å². The Kier molecular flexibility index (Phi) is 6.01. The lowest BCUT2D eigenvalue weighted by molar-refractivity contribution is -0.119. The highest BCUT2D eigenvalue weighted by Gasteiger charge is 2.23. The van der Waals surface area contributed by atoms with Gasteiger partial charge in [-0.1, -0.05) is 18.5 Å². The van der Waals surface area contributed by atoms with Crippen LogP contribution in [0.5, 0.6) is 0 Å². The Morgan fingerprint density at radius 3 is 2.75 bits per heavy atom. The predicted molar refractivity (Wildman–Crippen MR) is 94.8 cm³/mol. The van der Waals surface area contributed by atoms with Crippen LogP contribution < -0.4 is 5.32 Å². The van der Waals surface area contributed by atoms with E-state index in [2.05, 4.69) is 10.4 Å². The summed E-state index contributed by atoms with van der Waals surface area (Å²) >= 11 is 7.20. The summed E-state index contributed by atoms with van der Waals surface area (Å²) in [6, 6.07) is 0. The van der Waals surface area contributed by atoms with Gasteiger partial charge in [0.25, 0.3) is 0 Å². The van der Waals surface area contributed by atoms with E-state index in [9.17, 15) is 9.59 Å². The Labute approximate surface area is 149 Å². The van der Waals surface area contributed by atoms with Crippen LogP contribution in [-0.2, 0) is 16.1 Å². The number of anilines is 1. The fraction of sp³-hybridized carbons (Fsp3) is 0.438. The van der Waals surface area contributed by atoms with Crippen LogP contribution in [0.2, 0.25) is 5.02 Å². The second-order valence-corrected chi connectivity index (χ2v) is 7.14. The molecule has 8 heteroatoms. The first-order chi connectivity index (χ1) is 11.3. The number of nitrogens with one attached hydrogen (secondary N) is 1. The smallest absolute Gasteiger partial charge is 0.341 e. The van der Waals surface area contributed by atoms with Crippen molar-refractivity contribution in [3.63, 3.8) is 0 Å². The molecule has 0 spiro atoms. The van der Waals surface area contributed by atoms with Gasteiger partial charge in [-0.3, -0.25) is 9.48 Å². The molecule has 0 aliphatic heterocycles. The maximum Gasteiger partial charge on any atom is 0.341 e. The second-order valence-electron chi connectivity index (χ2n) is 5.48. The molecule has 1 unspecified atom stereocenters. The molecule has 0 aliphatic carbocycles. The molecule has 0 saturated carbocycles. The summed E-state index contributed by atoms with van der Waals surface area (Å²) in [4.78, 5) is 25.6. The molecule has 0 aliphatic rings. The minimum Gasteiger partial charge on any atom is -0.462 e. The summed E-state index contributed by atoms with van der Waals surface area (Å²) in [5.74, 6) is -0.937. The molecule has 1 amide bonds. The van der Waals surface area contributed by atoms with Gasteiger partial charge in [-0.2, -0.15) is 5.10 Å². The first-order valence-electron chi connectivity index (χ1n) is 7.59. The molecule has 0 fully saturated rings. The quantitative estimate of drug-likeness (QED) is 0.788. The number of esters is 1. The third kappa shape index (κ3) is 4.15. The Balaban J connectivity index is 2.13. The Morgan fingerprint density at radius 2 is 2.17 bits per heavy atom. The number of rotatable bonds is 6. The van der Waals surface area contributed by atoms with Crippen molar-refractivity contribution in [1.29, 1.82) is 0 Å². The van der Waals surface area contributed by atoms with E-state index in [0.29, 0.717) is 22.1 Å². The second kappa shape index (κ2) is 7.81. The SMILES string of the molecule is CCOC(=O)c1c(NC(=O)C(C)Cn2cc(Cl)cn2)sc(C)c1C. The molecule has 0 bridgehead atoms.